The van der Waals surface area contributed by atoms with Crippen molar-refractivity contribution in [3.8, 4) is 0 Å². The SMILES string of the molecule is CC(C)(C)NCc1nnc(CCc2ccccc2)o1. The highest BCUT2D eigenvalue weighted by molar-refractivity contribution is 5.15. The fourth-order valence-electron chi connectivity index (χ4n) is 1.70. The topological polar surface area (TPSA) is 51.0 Å². The monoisotopic (exact) mass is 259 g/mol. The molecular weight excluding hydrogens is 238 g/mol. The number of benzene rings is 1. The molecule has 102 valence electrons. The van der Waals surface area contributed by atoms with E-state index < -0.39 is 0 Å². The van der Waals surface area contributed by atoms with Gasteiger partial charge in [-0.3, -0.25) is 0 Å². The molecule has 0 amide bonds. The zero-order chi connectivity index (χ0) is 13.7. The van der Waals surface area contributed by atoms with Crippen LogP contribution in [-0.4, -0.2) is 15.7 Å². The molecule has 0 aliphatic rings. The van der Waals surface area contributed by atoms with E-state index in [1.54, 1.807) is 0 Å². The van der Waals surface area contributed by atoms with Crippen LogP contribution in [0.3, 0.4) is 0 Å². The summed E-state index contributed by atoms with van der Waals surface area (Å²) < 4.78 is 5.62. The number of hydrogen-bond donors (Lipinski definition) is 1. The molecule has 0 bridgehead atoms. The lowest BCUT2D eigenvalue weighted by Crippen LogP contribution is -2.35. The summed E-state index contributed by atoms with van der Waals surface area (Å²) in [5.74, 6) is 1.35. The van der Waals surface area contributed by atoms with Crippen molar-refractivity contribution in [2.45, 2.75) is 45.7 Å². The highest BCUT2D eigenvalue weighted by atomic mass is 16.4. The van der Waals surface area contributed by atoms with E-state index in [2.05, 4.69) is 48.4 Å². The molecule has 0 aliphatic carbocycles. The second-order valence-electron chi connectivity index (χ2n) is 5.68. The van der Waals surface area contributed by atoms with E-state index in [1.165, 1.54) is 5.56 Å². The van der Waals surface area contributed by atoms with Gasteiger partial charge in [-0.25, -0.2) is 0 Å². The zero-order valence-corrected chi connectivity index (χ0v) is 11.8. The van der Waals surface area contributed by atoms with Gasteiger partial charge >= 0.3 is 0 Å². The van der Waals surface area contributed by atoms with Gasteiger partial charge in [0.15, 0.2) is 0 Å². The van der Waals surface area contributed by atoms with Crippen molar-refractivity contribution in [2.75, 3.05) is 0 Å². The summed E-state index contributed by atoms with van der Waals surface area (Å²) in [5.41, 5.74) is 1.34. The lowest BCUT2D eigenvalue weighted by atomic mass is 10.1. The van der Waals surface area contributed by atoms with E-state index in [4.69, 9.17) is 4.42 Å². The minimum absolute atomic E-state index is 0.0542. The minimum Gasteiger partial charge on any atom is -0.424 e. The molecule has 0 aliphatic heterocycles. The Balaban J connectivity index is 1.84. The summed E-state index contributed by atoms with van der Waals surface area (Å²) in [5, 5.41) is 11.5. The smallest absolute Gasteiger partial charge is 0.230 e. The van der Waals surface area contributed by atoms with Gasteiger partial charge < -0.3 is 9.73 Å². The van der Waals surface area contributed by atoms with Gasteiger partial charge in [-0.1, -0.05) is 30.3 Å². The van der Waals surface area contributed by atoms with Crippen LogP contribution in [0.4, 0.5) is 0 Å². The van der Waals surface area contributed by atoms with E-state index in [0.29, 0.717) is 18.3 Å². The van der Waals surface area contributed by atoms with Crippen LogP contribution < -0.4 is 5.32 Å². The normalized spacial score (nSPS) is 11.7. The third-order valence-electron chi connectivity index (χ3n) is 2.75. The van der Waals surface area contributed by atoms with Crippen molar-refractivity contribution in [1.29, 1.82) is 0 Å². The number of hydrogen-bond acceptors (Lipinski definition) is 4. The summed E-state index contributed by atoms with van der Waals surface area (Å²) in [7, 11) is 0. The molecule has 1 N–H and O–H groups in total. The molecule has 4 nitrogen and oxygen atoms in total. The molecule has 0 atom stereocenters. The maximum absolute atomic E-state index is 5.62. The van der Waals surface area contributed by atoms with Gasteiger partial charge in [-0.2, -0.15) is 0 Å². The highest BCUT2D eigenvalue weighted by Crippen LogP contribution is 2.08. The van der Waals surface area contributed by atoms with Crippen LogP contribution in [0.25, 0.3) is 0 Å². The third kappa shape index (κ3) is 4.83. The number of nitrogens with one attached hydrogen (secondary N) is 1. The molecular formula is C15H21N3O. The molecule has 1 aromatic carbocycles. The first-order chi connectivity index (χ1) is 9.03. The van der Waals surface area contributed by atoms with E-state index in [0.717, 1.165) is 12.8 Å². The van der Waals surface area contributed by atoms with Gasteiger partial charge in [0, 0.05) is 12.0 Å². The third-order valence-corrected chi connectivity index (χ3v) is 2.75. The van der Waals surface area contributed by atoms with Crippen LogP contribution in [0.1, 0.15) is 38.1 Å². The molecule has 1 heterocycles. The fraction of sp³-hybridized carbons (Fsp3) is 0.467. The fourth-order valence-corrected chi connectivity index (χ4v) is 1.70. The highest BCUT2D eigenvalue weighted by Gasteiger charge is 2.12. The van der Waals surface area contributed by atoms with Crippen molar-refractivity contribution in [2.24, 2.45) is 0 Å². The Bertz CT molecular complexity index is 500. The van der Waals surface area contributed by atoms with Crippen molar-refractivity contribution in [3.05, 3.63) is 47.7 Å². The second kappa shape index (κ2) is 5.97. The molecule has 4 heteroatoms. The van der Waals surface area contributed by atoms with Gasteiger partial charge in [0.1, 0.15) is 0 Å². The Morgan fingerprint density at radius 2 is 1.68 bits per heavy atom. The van der Waals surface area contributed by atoms with Crippen LogP contribution >= 0.6 is 0 Å². The lowest BCUT2D eigenvalue weighted by Gasteiger charge is -2.18. The molecule has 0 radical (unpaired) electrons. The summed E-state index contributed by atoms with van der Waals surface area (Å²) in [6.45, 7) is 6.95. The van der Waals surface area contributed by atoms with Crippen LogP contribution in [0.2, 0.25) is 0 Å². The molecule has 0 saturated carbocycles. The van der Waals surface area contributed by atoms with Crippen LogP contribution in [-0.2, 0) is 19.4 Å². The van der Waals surface area contributed by atoms with Crippen LogP contribution in [0.15, 0.2) is 34.7 Å². The molecule has 0 saturated heterocycles. The predicted molar refractivity (Wildman–Crippen MR) is 74.7 cm³/mol. The molecule has 19 heavy (non-hydrogen) atoms. The summed E-state index contributed by atoms with van der Waals surface area (Å²) in [6, 6.07) is 10.3. The summed E-state index contributed by atoms with van der Waals surface area (Å²) >= 11 is 0. The van der Waals surface area contributed by atoms with Gasteiger partial charge in [0.2, 0.25) is 11.8 Å². The Hall–Kier alpha value is -1.68. The van der Waals surface area contributed by atoms with E-state index >= 15 is 0 Å². The van der Waals surface area contributed by atoms with Crippen molar-refractivity contribution >= 4 is 0 Å². The molecule has 2 rings (SSSR count). The predicted octanol–water partition coefficient (Wildman–Crippen LogP) is 2.74. The first-order valence-electron chi connectivity index (χ1n) is 6.63. The first kappa shape index (κ1) is 13.7. The lowest BCUT2D eigenvalue weighted by molar-refractivity contribution is 0.370. The van der Waals surface area contributed by atoms with Crippen molar-refractivity contribution in [3.63, 3.8) is 0 Å². The molecule has 0 spiro atoms. The zero-order valence-electron chi connectivity index (χ0n) is 11.8. The Morgan fingerprint density at radius 1 is 1.00 bits per heavy atom. The molecule has 2 aromatic rings. The van der Waals surface area contributed by atoms with Gasteiger partial charge in [-0.15, -0.1) is 10.2 Å². The average molecular weight is 259 g/mol. The van der Waals surface area contributed by atoms with E-state index in [-0.39, 0.29) is 5.54 Å². The molecule has 1 aromatic heterocycles. The van der Waals surface area contributed by atoms with Crippen molar-refractivity contribution in [1.82, 2.24) is 15.5 Å². The Labute approximate surface area is 114 Å². The van der Waals surface area contributed by atoms with Gasteiger partial charge in [0.25, 0.3) is 0 Å². The molecule has 0 unspecified atom stereocenters. The Morgan fingerprint density at radius 3 is 2.37 bits per heavy atom. The minimum atomic E-state index is 0.0542. The molecule has 0 fully saturated rings. The number of rotatable bonds is 5. The number of aromatic nitrogens is 2. The van der Waals surface area contributed by atoms with Gasteiger partial charge in [-0.05, 0) is 32.8 Å². The van der Waals surface area contributed by atoms with Crippen molar-refractivity contribution < 1.29 is 4.42 Å². The maximum Gasteiger partial charge on any atom is 0.230 e. The number of aryl methyl sites for hydroxylation is 2. The van der Waals surface area contributed by atoms with E-state index in [1.807, 2.05) is 18.2 Å². The quantitative estimate of drug-likeness (QED) is 0.897. The number of nitrogens with zero attached hydrogens (tertiary/aromatic N) is 2. The average Bonchev–Trinajstić information content (AvgIpc) is 2.82. The van der Waals surface area contributed by atoms with Crippen LogP contribution in [0.5, 0.6) is 0 Å². The second-order valence-corrected chi connectivity index (χ2v) is 5.68. The standard InChI is InChI=1S/C15H21N3O/c1-15(2,3)16-11-14-18-17-13(19-14)10-9-12-7-5-4-6-8-12/h4-8,16H,9-11H2,1-3H3. The summed E-state index contributed by atoms with van der Waals surface area (Å²) in [6.07, 6.45) is 1.71. The van der Waals surface area contributed by atoms with Gasteiger partial charge in [0.05, 0.1) is 6.54 Å². The Kier molecular flexibility index (Phi) is 4.32. The largest absolute Gasteiger partial charge is 0.424 e. The van der Waals surface area contributed by atoms with Crippen LogP contribution in [0, 0.1) is 0 Å². The maximum atomic E-state index is 5.62. The van der Waals surface area contributed by atoms with E-state index in [9.17, 15) is 0 Å². The first-order valence-corrected chi connectivity index (χ1v) is 6.63. The summed E-state index contributed by atoms with van der Waals surface area (Å²) in [4.78, 5) is 0.